The number of hydrogen-bond donors (Lipinski definition) is 2. The maximum Gasteiger partial charge on any atom is 0.274 e. The molecular weight excluding hydrogens is 366 g/mol. The Morgan fingerprint density at radius 3 is 2.50 bits per heavy atom. The third-order valence-corrected chi connectivity index (χ3v) is 4.36. The van der Waals surface area contributed by atoms with Gasteiger partial charge in [-0.15, -0.1) is 0 Å². The van der Waals surface area contributed by atoms with E-state index in [0.29, 0.717) is 5.69 Å². The Labute approximate surface area is 149 Å². The second kappa shape index (κ2) is 7.27. The molecule has 0 radical (unpaired) electrons. The van der Waals surface area contributed by atoms with E-state index in [9.17, 15) is 4.79 Å². The molecule has 0 unspecified atom stereocenters. The van der Waals surface area contributed by atoms with E-state index in [1.165, 1.54) is 0 Å². The number of aryl methyl sites for hydroxylation is 1. The lowest BCUT2D eigenvalue weighted by molar-refractivity contribution is 0.102. The fraction of sp³-hybridized carbons (Fsp3) is 0.0526. The largest absolute Gasteiger partial charge is 0.355 e. The normalized spacial score (nSPS) is 10.2. The number of pyridine rings is 1. The Balaban J connectivity index is 1.75. The molecule has 0 saturated heterocycles. The summed E-state index contributed by atoms with van der Waals surface area (Å²) in [6, 6.07) is 19.0. The van der Waals surface area contributed by atoms with E-state index < -0.39 is 0 Å². The topological polar surface area (TPSA) is 54.0 Å². The van der Waals surface area contributed by atoms with Gasteiger partial charge in [0.15, 0.2) is 0 Å². The molecule has 2 N–H and O–H groups in total. The van der Waals surface area contributed by atoms with Crippen LogP contribution in [0, 0.1) is 6.92 Å². The molecule has 1 heterocycles. The monoisotopic (exact) mass is 381 g/mol. The van der Waals surface area contributed by atoms with E-state index in [-0.39, 0.29) is 5.91 Å². The van der Waals surface area contributed by atoms with Gasteiger partial charge in [0.2, 0.25) is 0 Å². The SMILES string of the molecule is Cc1cc(NC(=O)c2cc(Nc3ccccc3)ccn2)ccc1Br. The van der Waals surface area contributed by atoms with Gasteiger partial charge in [-0.25, -0.2) is 0 Å². The van der Waals surface area contributed by atoms with Crippen LogP contribution in [0.4, 0.5) is 17.1 Å². The summed E-state index contributed by atoms with van der Waals surface area (Å²) in [7, 11) is 0. The second-order valence-electron chi connectivity index (χ2n) is 5.34. The van der Waals surface area contributed by atoms with Gasteiger partial charge in [0, 0.05) is 27.7 Å². The molecule has 1 amide bonds. The van der Waals surface area contributed by atoms with Crippen LogP contribution in [0.1, 0.15) is 16.1 Å². The van der Waals surface area contributed by atoms with Crippen LogP contribution in [0.3, 0.4) is 0 Å². The number of para-hydroxylation sites is 1. The molecule has 0 atom stereocenters. The highest BCUT2D eigenvalue weighted by atomic mass is 79.9. The van der Waals surface area contributed by atoms with Crippen LogP contribution in [-0.4, -0.2) is 10.9 Å². The van der Waals surface area contributed by atoms with E-state index in [1.54, 1.807) is 12.3 Å². The molecule has 0 aliphatic rings. The van der Waals surface area contributed by atoms with E-state index >= 15 is 0 Å². The van der Waals surface area contributed by atoms with E-state index in [0.717, 1.165) is 27.1 Å². The lowest BCUT2D eigenvalue weighted by Gasteiger charge is -2.09. The van der Waals surface area contributed by atoms with Crippen molar-refractivity contribution in [1.82, 2.24) is 4.98 Å². The van der Waals surface area contributed by atoms with Crippen LogP contribution in [0.2, 0.25) is 0 Å². The van der Waals surface area contributed by atoms with Crippen molar-refractivity contribution in [3.63, 3.8) is 0 Å². The average molecular weight is 382 g/mol. The summed E-state index contributed by atoms with van der Waals surface area (Å²) in [5, 5.41) is 6.12. The lowest BCUT2D eigenvalue weighted by atomic mass is 10.2. The second-order valence-corrected chi connectivity index (χ2v) is 6.19. The Hall–Kier alpha value is -2.66. The highest BCUT2D eigenvalue weighted by molar-refractivity contribution is 9.10. The smallest absolute Gasteiger partial charge is 0.274 e. The van der Waals surface area contributed by atoms with Crippen LogP contribution in [-0.2, 0) is 0 Å². The Kier molecular flexibility index (Phi) is 4.91. The molecule has 0 aliphatic carbocycles. The van der Waals surface area contributed by atoms with Gasteiger partial charge in [-0.05, 0) is 55.0 Å². The molecule has 5 heteroatoms. The molecule has 24 heavy (non-hydrogen) atoms. The van der Waals surface area contributed by atoms with Crippen molar-refractivity contribution < 1.29 is 4.79 Å². The van der Waals surface area contributed by atoms with Crippen LogP contribution in [0.25, 0.3) is 0 Å². The van der Waals surface area contributed by atoms with Crippen LogP contribution >= 0.6 is 15.9 Å². The van der Waals surface area contributed by atoms with Crippen molar-refractivity contribution in [3.8, 4) is 0 Å². The first-order chi connectivity index (χ1) is 11.6. The van der Waals surface area contributed by atoms with Gasteiger partial charge in [-0.3, -0.25) is 9.78 Å². The highest BCUT2D eigenvalue weighted by Gasteiger charge is 2.09. The van der Waals surface area contributed by atoms with E-state index in [1.807, 2.05) is 61.5 Å². The highest BCUT2D eigenvalue weighted by Crippen LogP contribution is 2.21. The number of hydrogen-bond acceptors (Lipinski definition) is 3. The fourth-order valence-electron chi connectivity index (χ4n) is 2.24. The molecule has 0 spiro atoms. The predicted molar refractivity (Wildman–Crippen MR) is 101 cm³/mol. The number of nitrogens with zero attached hydrogens (tertiary/aromatic N) is 1. The van der Waals surface area contributed by atoms with Gasteiger partial charge in [0.25, 0.3) is 5.91 Å². The molecule has 3 rings (SSSR count). The van der Waals surface area contributed by atoms with Crippen molar-refractivity contribution >= 4 is 38.9 Å². The standard InChI is InChI=1S/C19H16BrN3O/c1-13-11-15(7-8-17(13)20)23-19(24)18-12-16(9-10-21-18)22-14-5-3-2-4-6-14/h2-12H,1H3,(H,21,22)(H,23,24). The number of amides is 1. The van der Waals surface area contributed by atoms with Crippen molar-refractivity contribution in [2.75, 3.05) is 10.6 Å². The Bertz CT molecular complexity index is 865. The summed E-state index contributed by atoms with van der Waals surface area (Å²) in [6.07, 6.45) is 1.62. The molecule has 0 saturated carbocycles. The number of aromatic nitrogens is 1. The number of anilines is 3. The zero-order chi connectivity index (χ0) is 16.9. The van der Waals surface area contributed by atoms with Crippen molar-refractivity contribution in [2.24, 2.45) is 0 Å². The zero-order valence-corrected chi connectivity index (χ0v) is 14.7. The lowest BCUT2D eigenvalue weighted by Crippen LogP contribution is -2.14. The average Bonchev–Trinajstić information content (AvgIpc) is 2.59. The van der Waals surface area contributed by atoms with Crippen molar-refractivity contribution in [1.29, 1.82) is 0 Å². The third-order valence-electron chi connectivity index (χ3n) is 3.47. The number of carbonyl (C=O) groups excluding carboxylic acids is 1. The van der Waals surface area contributed by atoms with Gasteiger partial charge in [-0.2, -0.15) is 0 Å². The number of halogens is 1. The summed E-state index contributed by atoms with van der Waals surface area (Å²) < 4.78 is 1.01. The number of nitrogens with one attached hydrogen (secondary N) is 2. The van der Waals surface area contributed by atoms with Gasteiger partial charge in [-0.1, -0.05) is 34.1 Å². The number of benzene rings is 2. The minimum Gasteiger partial charge on any atom is -0.355 e. The quantitative estimate of drug-likeness (QED) is 0.656. The van der Waals surface area contributed by atoms with Crippen LogP contribution in [0.15, 0.2) is 71.3 Å². The van der Waals surface area contributed by atoms with Gasteiger partial charge in [0.1, 0.15) is 5.69 Å². The van der Waals surface area contributed by atoms with Crippen molar-refractivity contribution in [3.05, 3.63) is 82.6 Å². The van der Waals surface area contributed by atoms with Gasteiger partial charge < -0.3 is 10.6 Å². The Morgan fingerprint density at radius 2 is 1.75 bits per heavy atom. The van der Waals surface area contributed by atoms with Crippen molar-refractivity contribution in [2.45, 2.75) is 6.92 Å². The third kappa shape index (κ3) is 4.00. The molecule has 0 bridgehead atoms. The fourth-order valence-corrected chi connectivity index (χ4v) is 2.48. The summed E-state index contributed by atoms with van der Waals surface area (Å²) in [5.74, 6) is -0.242. The molecule has 0 aliphatic heterocycles. The minimum absolute atomic E-state index is 0.242. The molecule has 3 aromatic rings. The zero-order valence-electron chi connectivity index (χ0n) is 13.1. The summed E-state index contributed by atoms with van der Waals surface area (Å²) in [4.78, 5) is 16.6. The van der Waals surface area contributed by atoms with Crippen LogP contribution in [0.5, 0.6) is 0 Å². The molecule has 2 aromatic carbocycles. The number of carbonyl (C=O) groups is 1. The molecule has 120 valence electrons. The summed E-state index contributed by atoms with van der Waals surface area (Å²) in [6.45, 7) is 1.97. The minimum atomic E-state index is -0.242. The van der Waals surface area contributed by atoms with Crippen LogP contribution < -0.4 is 10.6 Å². The summed E-state index contributed by atoms with van der Waals surface area (Å²) in [5.41, 5.74) is 3.92. The first-order valence-electron chi connectivity index (χ1n) is 7.47. The van der Waals surface area contributed by atoms with E-state index in [2.05, 4.69) is 31.5 Å². The maximum atomic E-state index is 12.4. The predicted octanol–water partition coefficient (Wildman–Crippen LogP) is 5.15. The van der Waals surface area contributed by atoms with Gasteiger partial charge in [0.05, 0.1) is 0 Å². The Morgan fingerprint density at radius 1 is 0.958 bits per heavy atom. The molecule has 0 fully saturated rings. The maximum absolute atomic E-state index is 12.4. The molecular formula is C19H16BrN3O. The first-order valence-corrected chi connectivity index (χ1v) is 8.27. The number of rotatable bonds is 4. The molecule has 1 aromatic heterocycles. The van der Waals surface area contributed by atoms with Gasteiger partial charge >= 0.3 is 0 Å². The van der Waals surface area contributed by atoms with E-state index in [4.69, 9.17) is 0 Å². The molecule has 4 nitrogen and oxygen atoms in total. The summed E-state index contributed by atoms with van der Waals surface area (Å²) >= 11 is 3.45. The first kappa shape index (κ1) is 16.2.